The van der Waals surface area contributed by atoms with Gasteiger partial charge >= 0.3 is 5.97 Å². The second-order valence-corrected chi connectivity index (χ2v) is 6.10. The molecule has 1 heterocycles. The minimum Gasteiger partial charge on any atom is -0.480 e. The average Bonchev–Trinajstić information content (AvgIpc) is 3.00. The minimum atomic E-state index is -1.02. The molecule has 1 amide bonds. The van der Waals surface area contributed by atoms with E-state index in [9.17, 15) is 9.59 Å². The number of nitrogens with zero attached hydrogens (tertiary/aromatic N) is 1. The van der Waals surface area contributed by atoms with Crippen molar-refractivity contribution < 1.29 is 14.7 Å². The maximum atomic E-state index is 11.9. The van der Waals surface area contributed by atoms with Gasteiger partial charge in [0.2, 0.25) is 5.91 Å². The van der Waals surface area contributed by atoms with E-state index < -0.39 is 12.0 Å². The molecule has 0 radical (unpaired) electrons. The Bertz CT molecular complexity index is 679. The van der Waals surface area contributed by atoms with Crippen LogP contribution >= 0.6 is 11.3 Å². The highest BCUT2D eigenvalue weighted by molar-refractivity contribution is 7.13. The van der Waals surface area contributed by atoms with Gasteiger partial charge in [0.1, 0.15) is 11.0 Å². The zero-order chi connectivity index (χ0) is 16.8. The van der Waals surface area contributed by atoms with Crippen molar-refractivity contribution in [2.75, 3.05) is 0 Å². The molecule has 1 unspecified atom stereocenters. The number of aliphatic carboxylic acids is 1. The second kappa shape index (κ2) is 7.87. The summed E-state index contributed by atoms with van der Waals surface area (Å²) in [6, 6.07) is 7.35. The molecule has 6 heteroatoms. The van der Waals surface area contributed by atoms with Gasteiger partial charge in [-0.05, 0) is 18.4 Å². The first kappa shape index (κ1) is 17.1. The third-order valence-electron chi connectivity index (χ3n) is 3.54. The molecule has 23 heavy (non-hydrogen) atoms. The normalized spacial score (nSPS) is 11.9. The maximum absolute atomic E-state index is 11.9. The molecular formula is C17H20N2O3S. The van der Waals surface area contributed by atoms with Gasteiger partial charge in [0.15, 0.2) is 0 Å². The van der Waals surface area contributed by atoms with Gasteiger partial charge in [-0.1, -0.05) is 38.1 Å². The quantitative estimate of drug-likeness (QED) is 0.817. The zero-order valence-electron chi connectivity index (χ0n) is 13.2. The van der Waals surface area contributed by atoms with E-state index in [4.69, 9.17) is 5.11 Å². The zero-order valence-corrected chi connectivity index (χ0v) is 14.0. The highest BCUT2D eigenvalue weighted by atomic mass is 32.1. The summed E-state index contributed by atoms with van der Waals surface area (Å²) in [6.07, 6.45) is 1.44. The Morgan fingerprint density at radius 1 is 1.26 bits per heavy atom. The van der Waals surface area contributed by atoms with Crippen LogP contribution in [0.4, 0.5) is 0 Å². The van der Waals surface area contributed by atoms with Crippen molar-refractivity contribution in [3.63, 3.8) is 0 Å². The minimum absolute atomic E-state index is 0.0906. The standard InChI is InChI=1S/C17H20N2O3S/c1-3-11-5-7-12(8-6-11)16-18-13(10-23-16)9-15(20)19-14(4-2)17(21)22/h5-8,10,14H,3-4,9H2,1-2H3,(H,19,20)(H,21,22). The van der Waals surface area contributed by atoms with E-state index in [-0.39, 0.29) is 12.3 Å². The number of carboxylic acid groups (broad SMARTS) is 1. The third-order valence-corrected chi connectivity index (χ3v) is 4.48. The number of carbonyl (C=O) groups excluding carboxylic acids is 1. The Morgan fingerprint density at radius 2 is 1.96 bits per heavy atom. The first-order chi connectivity index (χ1) is 11.0. The van der Waals surface area contributed by atoms with Gasteiger partial charge < -0.3 is 10.4 Å². The SMILES string of the molecule is CCc1ccc(-c2nc(CC(=O)NC(CC)C(=O)O)cs2)cc1. The van der Waals surface area contributed by atoms with Crippen molar-refractivity contribution >= 4 is 23.2 Å². The van der Waals surface area contributed by atoms with Crippen molar-refractivity contribution in [3.8, 4) is 10.6 Å². The molecule has 1 aromatic heterocycles. The number of carbonyl (C=O) groups is 2. The van der Waals surface area contributed by atoms with Crippen molar-refractivity contribution in [3.05, 3.63) is 40.9 Å². The van der Waals surface area contributed by atoms with Crippen LogP contribution in [0.5, 0.6) is 0 Å². The molecule has 1 atom stereocenters. The summed E-state index contributed by atoms with van der Waals surface area (Å²) in [7, 11) is 0. The molecule has 0 bridgehead atoms. The first-order valence-corrected chi connectivity index (χ1v) is 8.47. The number of hydrogen-bond donors (Lipinski definition) is 2. The van der Waals surface area contributed by atoms with Crippen LogP contribution in [0.25, 0.3) is 10.6 Å². The van der Waals surface area contributed by atoms with Gasteiger partial charge in [0, 0.05) is 10.9 Å². The van der Waals surface area contributed by atoms with E-state index in [1.54, 1.807) is 6.92 Å². The lowest BCUT2D eigenvalue weighted by Gasteiger charge is -2.11. The van der Waals surface area contributed by atoms with Crippen LogP contribution in [0.3, 0.4) is 0 Å². The van der Waals surface area contributed by atoms with Crippen molar-refractivity contribution in [1.29, 1.82) is 0 Å². The first-order valence-electron chi connectivity index (χ1n) is 7.59. The Kier molecular flexibility index (Phi) is 5.87. The molecule has 2 aromatic rings. The molecule has 0 aliphatic rings. The summed E-state index contributed by atoms with van der Waals surface area (Å²) in [6.45, 7) is 3.83. The smallest absolute Gasteiger partial charge is 0.326 e. The summed E-state index contributed by atoms with van der Waals surface area (Å²) in [5.41, 5.74) is 2.95. The number of thiazole rings is 1. The fourth-order valence-corrected chi connectivity index (χ4v) is 2.98. The van der Waals surface area contributed by atoms with E-state index in [0.29, 0.717) is 12.1 Å². The van der Waals surface area contributed by atoms with Crippen molar-refractivity contribution in [2.24, 2.45) is 0 Å². The number of aromatic nitrogens is 1. The van der Waals surface area contributed by atoms with Crippen LogP contribution in [-0.2, 0) is 22.4 Å². The molecule has 5 nitrogen and oxygen atoms in total. The predicted molar refractivity (Wildman–Crippen MR) is 90.5 cm³/mol. The number of hydrogen-bond acceptors (Lipinski definition) is 4. The highest BCUT2D eigenvalue weighted by Crippen LogP contribution is 2.24. The van der Waals surface area contributed by atoms with Gasteiger partial charge in [0.25, 0.3) is 0 Å². The van der Waals surface area contributed by atoms with Crippen LogP contribution in [0, 0.1) is 0 Å². The molecule has 0 fully saturated rings. The number of aryl methyl sites for hydroxylation is 1. The Hall–Kier alpha value is -2.21. The van der Waals surface area contributed by atoms with Crippen LogP contribution < -0.4 is 5.32 Å². The van der Waals surface area contributed by atoms with E-state index in [2.05, 4.69) is 29.4 Å². The summed E-state index contributed by atoms with van der Waals surface area (Å²) >= 11 is 1.48. The van der Waals surface area contributed by atoms with Crippen molar-refractivity contribution in [2.45, 2.75) is 39.2 Å². The average molecular weight is 332 g/mol. The van der Waals surface area contributed by atoms with Crippen LogP contribution in [-0.4, -0.2) is 28.0 Å². The molecule has 0 aliphatic carbocycles. The maximum Gasteiger partial charge on any atom is 0.326 e. The lowest BCUT2D eigenvalue weighted by molar-refractivity contribution is -0.141. The Labute approximate surface area is 139 Å². The largest absolute Gasteiger partial charge is 0.480 e. The molecule has 0 saturated carbocycles. The van der Waals surface area contributed by atoms with E-state index in [1.165, 1.54) is 16.9 Å². The number of nitrogens with one attached hydrogen (secondary N) is 1. The van der Waals surface area contributed by atoms with Gasteiger partial charge in [-0.15, -0.1) is 11.3 Å². The third kappa shape index (κ3) is 4.63. The summed E-state index contributed by atoms with van der Waals surface area (Å²) in [4.78, 5) is 27.3. The molecule has 122 valence electrons. The topological polar surface area (TPSA) is 79.3 Å². The van der Waals surface area contributed by atoms with E-state index in [0.717, 1.165) is 17.0 Å². The second-order valence-electron chi connectivity index (χ2n) is 5.24. The van der Waals surface area contributed by atoms with E-state index in [1.807, 2.05) is 17.5 Å². The highest BCUT2D eigenvalue weighted by Gasteiger charge is 2.18. The van der Waals surface area contributed by atoms with Gasteiger partial charge in [-0.25, -0.2) is 9.78 Å². The number of carboxylic acids is 1. The number of amides is 1. The Morgan fingerprint density at radius 3 is 2.52 bits per heavy atom. The molecule has 2 rings (SSSR count). The molecule has 2 N–H and O–H groups in total. The summed E-state index contributed by atoms with van der Waals surface area (Å²) in [5, 5.41) is 14.2. The summed E-state index contributed by atoms with van der Waals surface area (Å²) < 4.78 is 0. The fourth-order valence-electron chi connectivity index (χ4n) is 2.15. The molecule has 0 spiro atoms. The van der Waals surface area contributed by atoms with Gasteiger partial charge in [0.05, 0.1) is 12.1 Å². The monoisotopic (exact) mass is 332 g/mol. The number of rotatable bonds is 7. The Balaban J connectivity index is 2.01. The van der Waals surface area contributed by atoms with Crippen LogP contribution in [0.1, 0.15) is 31.5 Å². The molecule has 1 aromatic carbocycles. The van der Waals surface area contributed by atoms with Gasteiger partial charge in [-0.3, -0.25) is 4.79 Å². The fraction of sp³-hybridized carbons (Fsp3) is 0.353. The molecular weight excluding hydrogens is 312 g/mol. The predicted octanol–water partition coefficient (Wildman–Crippen LogP) is 2.89. The molecule has 0 saturated heterocycles. The van der Waals surface area contributed by atoms with E-state index >= 15 is 0 Å². The van der Waals surface area contributed by atoms with Gasteiger partial charge in [-0.2, -0.15) is 0 Å². The summed E-state index contributed by atoms with van der Waals surface area (Å²) in [5.74, 6) is -1.34. The lowest BCUT2D eigenvalue weighted by atomic mass is 10.1. The lowest BCUT2D eigenvalue weighted by Crippen LogP contribution is -2.41. The number of benzene rings is 1. The van der Waals surface area contributed by atoms with Crippen LogP contribution in [0.15, 0.2) is 29.6 Å². The van der Waals surface area contributed by atoms with Crippen LogP contribution in [0.2, 0.25) is 0 Å². The van der Waals surface area contributed by atoms with Crippen molar-refractivity contribution in [1.82, 2.24) is 10.3 Å². The molecule has 0 aliphatic heterocycles.